The molecular formula is C20H21ClN4O3. The van der Waals surface area contributed by atoms with Gasteiger partial charge in [-0.2, -0.15) is 0 Å². The Bertz CT molecular complexity index is 958. The van der Waals surface area contributed by atoms with E-state index in [4.69, 9.17) is 11.6 Å². The van der Waals surface area contributed by atoms with Crippen molar-refractivity contribution in [1.29, 1.82) is 0 Å². The van der Waals surface area contributed by atoms with Crippen LogP contribution in [0.5, 0.6) is 0 Å². The minimum Gasteiger partial charge on any atom is -0.478 e. The van der Waals surface area contributed by atoms with Crippen LogP contribution < -0.4 is 5.32 Å². The van der Waals surface area contributed by atoms with Gasteiger partial charge in [0.25, 0.3) is 0 Å². The van der Waals surface area contributed by atoms with Crippen LogP contribution in [-0.2, 0) is 10.3 Å². The van der Waals surface area contributed by atoms with Gasteiger partial charge in [0, 0.05) is 5.69 Å². The number of hydrogen-bond acceptors (Lipinski definition) is 4. The van der Waals surface area contributed by atoms with Crippen molar-refractivity contribution in [2.24, 2.45) is 17.3 Å². The second-order valence-electron chi connectivity index (χ2n) is 8.76. The molecule has 1 amide bonds. The second kappa shape index (κ2) is 6.04. The Hall–Kier alpha value is -2.41. The van der Waals surface area contributed by atoms with Crippen molar-refractivity contribution in [2.75, 3.05) is 5.32 Å². The van der Waals surface area contributed by atoms with E-state index in [1.807, 2.05) is 4.68 Å². The quantitative estimate of drug-likeness (QED) is 0.817. The number of halogens is 1. The fourth-order valence-corrected chi connectivity index (χ4v) is 6.34. The Morgan fingerprint density at radius 2 is 1.96 bits per heavy atom. The number of aromatic nitrogens is 3. The number of rotatable bonds is 4. The Balaban J connectivity index is 1.45. The molecule has 4 aliphatic rings. The Morgan fingerprint density at radius 3 is 2.61 bits per heavy atom. The van der Waals surface area contributed by atoms with Crippen molar-refractivity contribution in [3.63, 3.8) is 0 Å². The van der Waals surface area contributed by atoms with Crippen LogP contribution in [0.15, 0.2) is 30.6 Å². The molecule has 4 fully saturated rings. The molecule has 146 valence electrons. The van der Waals surface area contributed by atoms with Crippen molar-refractivity contribution >= 4 is 29.2 Å². The number of anilines is 1. The highest BCUT2D eigenvalue weighted by molar-refractivity contribution is 6.28. The maximum atomic E-state index is 13.4. The van der Waals surface area contributed by atoms with E-state index in [2.05, 4.69) is 15.4 Å². The third-order valence-electron chi connectivity index (χ3n) is 6.83. The average molecular weight is 401 g/mol. The lowest BCUT2D eigenvalue weighted by molar-refractivity contribution is -0.150. The number of carboxylic acid groups (broad SMARTS) is 1. The molecule has 0 saturated heterocycles. The van der Waals surface area contributed by atoms with Gasteiger partial charge in [0.05, 0.1) is 16.5 Å². The normalized spacial score (nSPS) is 33.0. The number of amides is 1. The van der Waals surface area contributed by atoms with Crippen molar-refractivity contribution in [1.82, 2.24) is 14.8 Å². The summed E-state index contributed by atoms with van der Waals surface area (Å²) in [5.74, 6) is -0.0479. The standard InChI is InChI=1S/C20H21ClN4O3/c21-18-22-11-25(24-18)20-8-12-4-13(9-20)7-19(6-12,10-20)17(28)23-15-3-1-2-14(5-15)16(26)27/h1-3,5,11-13H,4,6-10H2,(H,23,28)(H,26,27)/t12-,13+,19?,20?. The molecule has 8 heteroatoms. The van der Waals surface area contributed by atoms with E-state index in [1.165, 1.54) is 12.1 Å². The van der Waals surface area contributed by atoms with Crippen molar-refractivity contribution in [3.05, 3.63) is 41.4 Å². The maximum Gasteiger partial charge on any atom is 0.335 e. The van der Waals surface area contributed by atoms with Gasteiger partial charge in [0.15, 0.2) is 0 Å². The van der Waals surface area contributed by atoms with E-state index in [0.29, 0.717) is 17.5 Å². The molecule has 1 aromatic heterocycles. The molecule has 4 bridgehead atoms. The molecule has 4 aliphatic carbocycles. The number of carboxylic acids is 1. The summed E-state index contributed by atoms with van der Waals surface area (Å²) in [5, 5.41) is 16.8. The van der Waals surface area contributed by atoms with Crippen molar-refractivity contribution in [2.45, 2.75) is 44.1 Å². The zero-order valence-corrected chi connectivity index (χ0v) is 16.0. The van der Waals surface area contributed by atoms with Gasteiger partial charge < -0.3 is 10.4 Å². The molecule has 28 heavy (non-hydrogen) atoms. The lowest BCUT2D eigenvalue weighted by atomic mass is 9.46. The lowest BCUT2D eigenvalue weighted by Crippen LogP contribution is -2.60. The van der Waals surface area contributed by atoms with Crippen LogP contribution in [0.1, 0.15) is 48.9 Å². The number of benzene rings is 1. The molecule has 7 nitrogen and oxygen atoms in total. The molecule has 1 heterocycles. The summed E-state index contributed by atoms with van der Waals surface area (Å²) in [7, 11) is 0. The molecule has 2 N–H and O–H groups in total. The maximum absolute atomic E-state index is 13.4. The summed E-state index contributed by atoms with van der Waals surface area (Å²) in [6.07, 6.45) is 7.33. The lowest BCUT2D eigenvalue weighted by Gasteiger charge is -2.60. The predicted molar refractivity (Wildman–Crippen MR) is 102 cm³/mol. The first-order valence-electron chi connectivity index (χ1n) is 9.60. The molecule has 2 aromatic rings. The second-order valence-corrected chi connectivity index (χ2v) is 9.10. The summed E-state index contributed by atoms with van der Waals surface area (Å²) in [5.41, 5.74) is 0.0298. The predicted octanol–water partition coefficient (Wildman–Crippen LogP) is 3.56. The SMILES string of the molecule is O=C(O)c1cccc(NC(=O)C23C[C@H]4C[C@@H](C2)CC(n2cnc(Cl)n2)(C4)C3)c1. The van der Waals surface area contributed by atoms with Crippen LogP contribution in [-0.4, -0.2) is 31.7 Å². The molecule has 0 aliphatic heterocycles. The van der Waals surface area contributed by atoms with Crippen LogP contribution in [0.4, 0.5) is 5.69 Å². The number of carbonyl (C=O) groups is 2. The minimum atomic E-state index is -1.01. The molecule has 1 aromatic carbocycles. The fraction of sp³-hybridized carbons (Fsp3) is 0.500. The minimum absolute atomic E-state index is 0.0141. The molecular weight excluding hydrogens is 380 g/mol. The first kappa shape index (κ1) is 17.7. The summed E-state index contributed by atoms with van der Waals surface area (Å²) in [6, 6.07) is 6.41. The number of carbonyl (C=O) groups excluding carboxylic acids is 1. The Kier molecular flexibility index (Phi) is 3.81. The first-order chi connectivity index (χ1) is 13.4. The van der Waals surface area contributed by atoms with Crippen LogP contribution in [0.25, 0.3) is 0 Å². The molecule has 6 rings (SSSR count). The zero-order valence-electron chi connectivity index (χ0n) is 15.3. The van der Waals surface area contributed by atoms with Gasteiger partial charge >= 0.3 is 5.97 Å². The van der Waals surface area contributed by atoms with Gasteiger partial charge in [-0.25, -0.2) is 14.5 Å². The smallest absolute Gasteiger partial charge is 0.335 e. The Labute approximate surface area is 167 Å². The largest absolute Gasteiger partial charge is 0.478 e. The van der Waals surface area contributed by atoms with Crippen LogP contribution >= 0.6 is 11.6 Å². The number of aromatic carboxylic acids is 1. The van der Waals surface area contributed by atoms with E-state index in [-0.39, 0.29) is 22.3 Å². The number of nitrogens with one attached hydrogen (secondary N) is 1. The summed E-state index contributed by atoms with van der Waals surface area (Å²) < 4.78 is 1.89. The van der Waals surface area contributed by atoms with Crippen LogP contribution in [0, 0.1) is 17.3 Å². The third kappa shape index (κ3) is 2.71. The van der Waals surface area contributed by atoms with Gasteiger partial charge in [-0.1, -0.05) is 6.07 Å². The zero-order chi connectivity index (χ0) is 19.5. The first-order valence-corrected chi connectivity index (χ1v) is 9.98. The third-order valence-corrected chi connectivity index (χ3v) is 7.00. The molecule has 2 unspecified atom stereocenters. The van der Waals surface area contributed by atoms with Gasteiger partial charge in [0.2, 0.25) is 11.2 Å². The highest BCUT2D eigenvalue weighted by Crippen LogP contribution is 2.64. The van der Waals surface area contributed by atoms with E-state index < -0.39 is 11.4 Å². The van der Waals surface area contributed by atoms with Crippen molar-refractivity contribution < 1.29 is 14.7 Å². The van der Waals surface area contributed by atoms with Gasteiger partial charge in [0.1, 0.15) is 6.33 Å². The van der Waals surface area contributed by atoms with E-state index >= 15 is 0 Å². The van der Waals surface area contributed by atoms with E-state index in [1.54, 1.807) is 18.5 Å². The highest BCUT2D eigenvalue weighted by Gasteiger charge is 2.61. The van der Waals surface area contributed by atoms with E-state index in [9.17, 15) is 14.7 Å². The topological polar surface area (TPSA) is 97.1 Å². The van der Waals surface area contributed by atoms with Gasteiger partial charge in [-0.3, -0.25) is 4.79 Å². The number of hydrogen-bond donors (Lipinski definition) is 2. The molecule has 0 spiro atoms. The highest BCUT2D eigenvalue weighted by atomic mass is 35.5. The average Bonchev–Trinajstić information content (AvgIpc) is 3.08. The number of nitrogens with zero attached hydrogens (tertiary/aromatic N) is 3. The molecule has 0 radical (unpaired) electrons. The fourth-order valence-electron chi connectivity index (χ4n) is 6.21. The van der Waals surface area contributed by atoms with Gasteiger partial charge in [-0.05, 0) is 80.2 Å². The summed E-state index contributed by atoms with van der Waals surface area (Å²) in [4.78, 5) is 28.7. The summed E-state index contributed by atoms with van der Waals surface area (Å²) >= 11 is 5.98. The Morgan fingerprint density at radius 1 is 1.21 bits per heavy atom. The van der Waals surface area contributed by atoms with Crippen LogP contribution in [0.2, 0.25) is 5.28 Å². The van der Waals surface area contributed by atoms with E-state index in [0.717, 1.165) is 38.5 Å². The monoisotopic (exact) mass is 400 g/mol. The summed E-state index contributed by atoms with van der Waals surface area (Å²) in [6.45, 7) is 0. The van der Waals surface area contributed by atoms with Crippen LogP contribution in [0.3, 0.4) is 0 Å². The molecule has 4 saturated carbocycles. The van der Waals surface area contributed by atoms with Gasteiger partial charge in [-0.15, -0.1) is 5.10 Å². The van der Waals surface area contributed by atoms with Crippen molar-refractivity contribution in [3.8, 4) is 0 Å². The molecule has 4 atom stereocenters.